The molecular formula is C22H15F3N6O. The van der Waals surface area contributed by atoms with E-state index in [-0.39, 0.29) is 11.1 Å². The van der Waals surface area contributed by atoms with Crippen molar-refractivity contribution < 1.29 is 13.2 Å². The lowest BCUT2D eigenvalue weighted by Gasteiger charge is -2.21. The quantitative estimate of drug-likeness (QED) is 0.440. The van der Waals surface area contributed by atoms with E-state index in [0.717, 1.165) is 16.7 Å². The molecule has 7 nitrogen and oxygen atoms in total. The second-order valence-electron chi connectivity index (χ2n) is 7.20. The van der Waals surface area contributed by atoms with Gasteiger partial charge >= 0.3 is 0 Å². The maximum atomic E-state index is 14.5. The molecule has 0 saturated heterocycles. The second-order valence-corrected chi connectivity index (χ2v) is 7.20. The number of fused-ring (bicyclic) bond motifs is 2. The molecule has 0 aliphatic heterocycles. The van der Waals surface area contributed by atoms with Crippen molar-refractivity contribution in [3.8, 4) is 5.69 Å². The molecule has 0 aliphatic rings. The first-order valence-electron chi connectivity index (χ1n) is 9.64. The first-order chi connectivity index (χ1) is 15.4. The maximum Gasteiger partial charge on any atom is 0.266 e. The minimum absolute atomic E-state index is 0.0651. The molecule has 0 bridgehead atoms. The first-order valence-corrected chi connectivity index (χ1v) is 9.64. The minimum atomic E-state index is -1.12. The molecule has 0 aliphatic carbocycles. The molecule has 5 rings (SSSR count). The van der Waals surface area contributed by atoms with Gasteiger partial charge in [0.05, 0.1) is 23.4 Å². The summed E-state index contributed by atoms with van der Waals surface area (Å²) in [5.41, 5.74) is 0.778. The number of hydrogen-bond acceptors (Lipinski definition) is 5. The molecule has 2 aromatic carbocycles. The van der Waals surface area contributed by atoms with E-state index in [9.17, 15) is 18.0 Å². The zero-order valence-corrected chi connectivity index (χ0v) is 16.6. The SMILES string of the molecule is CC(Nc1ncnc2[nH]cnc12)c1cc2cccc(F)c2c(=O)n1-c1ccc(F)c(F)c1. The highest BCUT2D eigenvalue weighted by Gasteiger charge is 2.20. The zero-order chi connectivity index (χ0) is 22.4. The van der Waals surface area contributed by atoms with E-state index >= 15 is 0 Å². The van der Waals surface area contributed by atoms with Crippen molar-refractivity contribution in [3.63, 3.8) is 0 Å². The van der Waals surface area contributed by atoms with E-state index in [2.05, 4.69) is 25.3 Å². The van der Waals surface area contributed by atoms with Crippen LogP contribution in [0.15, 0.2) is 59.9 Å². The van der Waals surface area contributed by atoms with Crippen LogP contribution in [0, 0.1) is 17.5 Å². The molecule has 1 atom stereocenters. The highest BCUT2D eigenvalue weighted by atomic mass is 19.2. The number of pyridine rings is 1. The third kappa shape index (κ3) is 3.16. The largest absolute Gasteiger partial charge is 0.360 e. The number of aromatic nitrogens is 5. The molecule has 3 heterocycles. The number of benzene rings is 2. The average Bonchev–Trinajstić information content (AvgIpc) is 3.25. The van der Waals surface area contributed by atoms with E-state index in [1.54, 1.807) is 19.1 Å². The number of nitrogens with zero attached hydrogens (tertiary/aromatic N) is 4. The lowest BCUT2D eigenvalue weighted by Crippen LogP contribution is -2.26. The maximum absolute atomic E-state index is 14.5. The van der Waals surface area contributed by atoms with E-state index in [4.69, 9.17) is 0 Å². The summed E-state index contributed by atoms with van der Waals surface area (Å²) in [4.78, 5) is 28.7. The van der Waals surface area contributed by atoms with Gasteiger partial charge < -0.3 is 10.3 Å². The Balaban J connectivity index is 1.73. The van der Waals surface area contributed by atoms with Crippen LogP contribution in [0.5, 0.6) is 0 Å². The highest BCUT2D eigenvalue weighted by Crippen LogP contribution is 2.27. The molecule has 2 N–H and O–H groups in total. The van der Waals surface area contributed by atoms with Crippen molar-refractivity contribution in [2.24, 2.45) is 0 Å². The molecule has 1 unspecified atom stereocenters. The van der Waals surface area contributed by atoms with Gasteiger partial charge in [-0.05, 0) is 36.6 Å². The topological polar surface area (TPSA) is 88.5 Å². The Morgan fingerprint density at radius 1 is 1.00 bits per heavy atom. The summed E-state index contributed by atoms with van der Waals surface area (Å²) in [6.45, 7) is 1.76. The average molecular weight is 436 g/mol. The number of aromatic amines is 1. The smallest absolute Gasteiger partial charge is 0.266 e. The number of anilines is 1. The van der Waals surface area contributed by atoms with Crippen LogP contribution in [-0.2, 0) is 0 Å². The molecule has 0 spiro atoms. The van der Waals surface area contributed by atoms with Crippen LogP contribution in [0.25, 0.3) is 27.6 Å². The van der Waals surface area contributed by atoms with Crippen molar-refractivity contribution in [3.05, 3.63) is 88.6 Å². The van der Waals surface area contributed by atoms with Crippen LogP contribution in [0.3, 0.4) is 0 Å². The Labute approximate surface area is 178 Å². The van der Waals surface area contributed by atoms with Crippen molar-refractivity contribution in [1.82, 2.24) is 24.5 Å². The van der Waals surface area contributed by atoms with Gasteiger partial charge in [0.1, 0.15) is 17.7 Å². The fourth-order valence-electron chi connectivity index (χ4n) is 3.70. The van der Waals surface area contributed by atoms with Gasteiger partial charge in [0.2, 0.25) is 0 Å². The van der Waals surface area contributed by atoms with Gasteiger partial charge in [0, 0.05) is 11.8 Å². The van der Waals surface area contributed by atoms with Crippen LogP contribution in [0.1, 0.15) is 18.7 Å². The summed E-state index contributed by atoms with van der Waals surface area (Å²) < 4.78 is 43.2. The summed E-state index contributed by atoms with van der Waals surface area (Å²) in [5, 5.41) is 3.41. The molecule has 32 heavy (non-hydrogen) atoms. The van der Waals surface area contributed by atoms with Gasteiger partial charge in [-0.25, -0.2) is 28.1 Å². The predicted octanol–water partition coefficient (Wildman–Crippen LogP) is 4.25. The molecule has 0 amide bonds. The highest BCUT2D eigenvalue weighted by molar-refractivity contribution is 5.84. The van der Waals surface area contributed by atoms with E-state index in [1.165, 1.54) is 30.9 Å². The van der Waals surface area contributed by atoms with E-state index < -0.39 is 29.1 Å². The standard InChI is InChI=1S/C22H15F3N6O/c1-11(30-21-19-20(27-9-26-19)28-10-29-21)17-7-12-3-2-4-15(24)18(12)22(32)31(17)13-5-6-14(23)16(25)8-13/h2-11H,1H3,(H2,26,27,28,29,30). The summed E-state index contributed by atoms with van der Waals surface area (Å²) in [6, 6.07) is 8.44. The zero-order valence-electron chi connectivity index (χ0n) is 16.6. The molecular weight excluding hydrogens is 421 g/mol. The summed E-state index contributed by atoms with van der Waals surface area (Å²) >= 11 is 0. The lowest BCUT2D eigenvalue weighted by atomic mass is 10.1. The van der Waals surface area contributed by atoms with Gasteiger partial charge in [-0.15, -0.1) is 0 Å². The van der Waals surface area contributed by atoms with Crippen LogP contribution < -0.4 is 10.9 Å². The Morgan fingerprint density at radius 3 is 2.66 bits per heavy atom. The van der Waals surface area contributed by atoms with Gasteiger partial charge in [-0.2, -0.15) is 0 Å². The normalized spacial score (nSPS) is 12.4. The Kier molecular flexibility index (Phi) is 4.62. The molecule has 0 fully saturated rings. The lowest BCUT2D eigenvalue weighted by molar-refractivity contribution is 0.507. The number of hydrogen-bond donors (Lipinski definition) is 2. The van der Waals surface area contributed by atoms with Gasteiger partial charge in [-0.3, -0.25) is 9.36 Å². The van der Waals surface area contributed by atoms with Crippen molar-refractivity contribution >= 4 is 27.8 Å². The molecule has 0 radical (unpaired) electrons. The fourth-order valence-corrected chi connectivity index (χ4v) is 3.70. The Bertz CT molecular complexity index is 1540. The molecule has 160 valence electrons. The minimum Gasteiger partial charge on any atom is -0.360 e. The first kappa shape index (κ1) is 19.7. The summed E-state index contributed by atoms with van der Waals surface area (Å²) in [7, 11) is 0. The van der Waals surface area contributed by atoms with Crippen LogP contribution in [-0.4, -0.2) is 24.5 Å². The molecule has 0 saturated carbocycles. The fraction of sp³-hybridized carbons (Fsp3) is 0.0909. The molecule has 3 aromatic heterocycles. The van der Waals surface area contributed by atoms with Crippen LogP contribution >= 0.6 is 0 Å². The monoisotopic (exact) mass is 436 g/mol. The van der Waals surface area contributed by atoms with Crippen molar-refractivity contribution in [2.45, 2.75) is 13.0 Å². The van der Waals surface area contributed by atoms with Gasteiger partial charge in [0.15, 0.2) is 23.1 Å². The predicted molar refractivity (Wildman–Crippen MR) is 113 cm³/mol. The van der Waals surface area contributed by atoms with E-state index in [1.807, 2.05) is 0 Å². The number of imidazole rings is 1. The molecule has 5 aromatic rings. The van der Waals surface area contributed by atoms with E-state index in [0.29, 0.717) is 28.1 Å². The summed E-state index contributed by atoms with van der Waals surface area (Å²) in [5.74, 6) is -2.47. The second kappa shape index (κ2) is 7.49. The number of rotatable bonds is 4. The number of halogens is 3. The Hall–Kier alpha value is -4.21. The third-order valence-corrected chi connectivity index (χ3v) is 5.20. The summed E-state index contributed by atoms with van der Waals surface area (Å²) in [6.07, 6.45) is 2.83. The van der Waals surface area contributed by atoms with Gasteiger partial charge in [-0.1, -0.05) is 12.1 Å². The van der Waals surface area contributed by atoms with Gasteiger partial charge in [0.25, 0.3) is 5.56 Å². The van der Waals surface area contributed by atoms with Crippen molar-refractivity contribution in [2.75, 3.05) is 5.32 Å². The third-order valence-electron chi connectivity index (χ3n) is 5.20. The van der Waals surface area contributed by atoms with Crippen LogP contribution in [0.2, 0.25) is 0 Å². The Morgan fingerprint density at radius 2 is 1.84 bits per heavy atom. The number of nitrogens with one attached hydrogen (secondary N) is 2. The number of H-pyrrole nitrogens is 1. The molecule has 10 heteroatoms. The van der Waals surface area contributed by atoms with Crippen LogP contribution in [0.4, 0.5) is 19.0 Å². The van der Waals surface area contributed by atoms with Crippen molar-refractivity contribution in [1.29, 1.82) is 0 Å².